The van der Waals surface area contributed by atoms with Crippen molar-refractivity contribution in [1.82, 2.24) is 9.47 Å². The first-order valence-electron chi connectivity index (χ1n) is 11.5. The summed E-state index contributed by atoms with van der Waals surface area (Å²) in [5.74, 6) is 0.645. The standard InChI is InChI=1S/C27H18ClN3O6S/c28-21-11-24-23(36-15-37-24)9-18(21)14-30-26(32)25(38-27(30)33)10-17-13-29(22-4-2-1-3-20(17)22)12-16-5-7-19(8-6-16)31(34)35/h1-11,13H,12,14-15H2/b25-10-. The summed E-state index contributed by atoms with van der Waals surface area (Å²) in [6.45, 7) is 0.590. The van der Waals surface area contributed by atoms with Crippen LogP contribution in [0.4, 0.5) is 10.5 Å². The average Bonchev–Trinajstić information content (AvgIpc) is 3.57. The molecule has 9 nitrogen and oxygen atoms in total. The zero-order valence-electron chi connectivity index (χ0n) is 19.6. The third-order valence-electron chi connectivity index (χ3n) is 6.35. The van der Waals surface area contributed by atoms with E-state index in [2.05, 4.69) is 0 Å². The highest BCUT2D eigenvalue weighted by Gasteiger charge is 2.36. The van der Waals surface area contributed by atoms with Gasteiger partial charge in [0, 0.05) is 52.4 Å². The summed E-state index contributed by atoms with van der Waals surface area (Å²) in [4.78, 5) is 38.1. The van der Waals surface area contributed by atoms with E-state index in [0.29, 0.717) is 33.5 Å². The van der Waals surface area contributed by atoms with E-state index in [1.54, 1.807) is 30.3 Å². The van der Waals surface area contributed by atoms with Gasteiger partial charge in [-0.1, -0.05) is 41.9 Å². The molecule has 0 N–H and O–H groups in total. The van der Waals surface area contributed by atoms with Crippen LogP contribution in [0.3, 0.4) is 0 Å². The zero-order chi connectivity index (χ0) is 26.4. The topological polar surface area (TPSA) is 104 Å². The smallest absolute Gasteiger partial charge is 0.293 e. The van der Waals surface area contributed by atoms with E-state index in [4.69, 9.17) is 21.1 Å². The van der Waals surface area contributed by atoms with Crippen molar-refractivity contribution in [2.75, 3.05) is 6.79 Å². The van der Waals surface area contributed by atoms with Gasteiger partial charge in [-0.3, -0.25) is 24.6 Å². The molecule has 6 rings (SSSR count). The first-order chi connectivity index (χ1) is 18.4. The van der Waals surface area contributed by atoms with Crippen LogP contribution >= 0.6 is 23.4 Å². The quantitative estimate of drug-likeness (QED) is 0.160. The Bertz CT molecular complexity index is 1660. The number of halogens is 1. The van der Waals surface area contributed by atoms with Crippen LogP contribution in [0.1, 0.15) is 16.7 Å². The molecule has 3 heterocycles. The number of nitrogens with zero attached hydrogens (tertiary/aromatic N) is 3. The van der Waals surface area contributed by atoms with Crippen molar-refractivity contribution in [3.63, 3.8) is 0 Å². The van der Waals surface area contributed by atoms with Gasteiger partial charge in [-0.25, -0.2) is 0 Å². The number of hydrogen-bond donors (Lipinski definition) is 0. The molecule has 190 valence electrons. The van der Waals surface area contributed by atoms with Crippen LogP contribution < -0.4 is 9.47 Å². The lowest BCUT2D eigenvalue weighted by atomic mass is 10.1. The van der Waals surface area contributed by atoms with Crippen molar-refractivity contribution in [3.05, 3.63) is 104 Å². The summed E-state index contributed by atoms with van der Waals surface area (Å²) in [6, 6.07) is 17.4. The number of carbonyl (C=O) groups excluding carboxylic acids is 2. The molecule has 0 aliphatic carbocycles. The first kappa shape index (κ1) is 24.1. The molecule has 3 aromatic carbocycles. The van der Waals surface area contributed by atoms with Crippen molar-refractivity contribution in [2.24, 2.45) is 0 Å². The van der Waals surface area contributed by atoms with Gasteiger partial charge in [-0.15, -0.1) is 0 Å². The molecule has 1 fully saturated rings. The summed E-state index contributed by atoms with van der Waals surface area (Å²) >= 11 is 7.24. The van der Waals surface area contributed by atoms with E-state index < -0.39 is 10.8 Å². The Morgan fingerprint density at radius 2 is 1.76 bits per heavy atom. The second-order valence-electron chi connectivity index (χ2n) is 8.72. The van der Waals surface area contributed by atoms with Crippen molar-refractivity contribution in [1.29, 1.82) is 0 Å². The van der Waals surface area contributed by atoms with E-state index in [1.807, 2.05) is 35.0 Å². The highest BCUT2D eigenvalue weighted by molar-refractivity contribution is 8.18. The lowest BCUT2D eigenvalue weighted by Crippen LogP contribution is -2.27. The summed E-state index contributed by atoms with van der Waals surface area (Å²) in [5, 5.41) is 11.9. The minimum atomic E-state index is -0.430. The fraction of sp³-hybridized carbons (Fsp3) is 0.111. The number of aromatic nitrogens is 1. The molecule has 11 heteroatoms. The van der Waals surface area contributed by atoms with Crippen LogP contribution in [0.2, 0.25) is 5.02 Å². The molecule has 2 aliphatic rings. The maximum Gasteiger partial charge on any atom is 0.293 e. The number of nitro groups is 1. The Morgan fingerprint density at radius 1 is 1.03 bits per heavy atom. The minimum Gasteiger partial charge on any atom is -0.454 e. The molecule has 4 aromatic rings. The molecule has 0 radical (unpaired) electrons. The summed E-state index contributed by atoms with van der Waals surface area (Å²) < 4.78 is 12.7. The van der Waals surface area contributed by atoms with Gasteiger partial charge in [0.25, 0.3) is 16.8 Å². The highest BCUT2D eigenvalue weighted by atomic mass is 35.5. The molecule has 0 atom stereocenters. The van der Waals surface area contributed by atoms with E-state index in [1.165, 1.54) is 12.1 Å². The number of ether oxygens (including phenoxy) is 2. The van der Waals surface area contributed by atoms with Gasteiger partial charge in [-0.2, -0.15) is 0 Å². The summed E-state index contributed by atoms with van der Waals surface area (Å²) in [5.41, 5.74) is 3.23. The maximum absolute atomic E-state index is 13.2. The number of nitro benzene ring substituents is 1. The van der Waals surface area contributed by atoms with Crippen LogP contribution in [-0.4, -0.2) is 32.3 Å². The first-order valence-corrected chi connectivity index (χ1v) is 12.7. The maximum atomic E-state index is 13.2. The number of amides is 2. The molecule has 1 aromatic heterocycles. The molecular weight excluding hydrogens is 530 g/mol. The van der Waals surface area contributed by atoms with Gasteiger partial charge in [-0.05, 0) is 41.1 Å². The Hall–Kier alpha value is -4.28. The SMILES string of the molecule is O=C1S/C(=C\c2cn(Cc3ccc([N+](=O)[O-])cc3)c3ccccc23)C(=O)N1Cc1cc2c(cc1Cl)OCO2. The highest BCUT2D eigenvalue weighted by Crippen LogP contribution is 2.40. The number of thioether (sulfide) groups is 1. The zero-order valence-corrected chi connectivity index (χ0v) is 21.2. The van der Waals surface area contributed by atoms with E-state index in [-0.39, 0.29) is 24.3 Å². The molecule has 0 bridgehead atoms. The number of non-ortho nitro benzene ring substituents is 1. The monoisotopic (exact) mass is 547 g/mol. The Morgan fingerprint density at radius 3 is 2.53 bits per heavy atom. The molecule has 2 aliphatic heterocycles. The van der Waals surface area contributed by atoms with Crippen molar-refractivity contribution in [3.8, 4) is 11.5 Å². The van der Waals surface area contributed by atoms with Gasteiger partial charge in [0.2, 0.25) is 6.79 Å². The van der Waals surface area contributed by atoms with Crippen LogP contribution in [-0.2, 0) is 17.9 Å². The Balaban J connectivity index is 1.28. The third-order valence-corrected chi connectivity index (χ3v) is 7.61. The van der Waals surface area contributed by atoms with Crippen molar-refractivity contribution in [2.45, 2.75) is 13.1 Å². The number of para-hydroxylation sites is 1. The predicted molar refractivity (Wildman–Crippen MR) is 143 cm³/mol. The van der Waals surface area contributed by atoms with Gasteiger partial charge in [0.05, 0.1) is 16.4 Å². The minimum absolute atomic E-state index is 0.0133. The number of rotatable bonds is 6. The molecule has 1 saturated heterocycles. The Labute approximate surface area is 225 Å². The third kappa shape index (κ3) is 4.37. The largest absolute Gasteiger partial charge is 0.454 e. The lowest BCUT2D eigenvalue weighted by Gasteiger charge is -2.14. The van der Waals surface area contributed by atoms with E-state index in [0.717, 1.165) is 38.7 Å². The van der Waals surface area contributed by atoms with Crippen LogP contribution in [0, 0.1) is 10.1 Å². The normalized spacial score (nSPS) is 15.7. The van der Waals surface area contributed by atoms with Crippen LogP contribution in [0.5, 0.6) is 11.5 Å². The van der Waals surface area contributed by atoms with E-state index >= 15 is 0 Å². The van der Waals surface area contributed by atoms with Gasteiger partial charge >= 0.3 is 0 Å². The molecule has 2 amide bonds. The van der Waals surface area contributed by atoms with Gasteiger partial charge < -0.3 is 14.0 Å². The summed E-state index contributed by atoms with van der Waals surface area (Å²) in [6.07, 6.45) is 3.63. The van der Waals surface area contributed by atoms with Gasteiger partial charge in [0.1, 0.15) is 0 Å². The fourth-order valence-electron chi connectivity index (χ4n) is 4.47. The second-order valence-corrected chi connectivity index (χ2v) is 10.1. The van der Waals surface area contributed by atoms with Crippen molar-refractivity contribution < 1.29 is 24.0 Å². The molecule has 0 unspecified atom stereocenters. The fourth-order valence-corrected chi connectivity index (χ4v) is 5.51. The lowest BCUT2D eigenvalue weighted by molar-refractivity contribution is -0.384. The number of benzene rings is 3. The van der Waals surface area contributed by atoms with E-state index in [9.17, 15) is 19.7 Å². The second kappa shape index (κ2) is 9.55. The molecular formula is C27H18ClN3O6S. The molecule has 0 spiro atoms. The van der Waals surface area contributed by atoms with Crippen molar-refractivity contribution >= 4 is 57.2 Å². The number of carbonyl (C=O) groups is 2. The number of imide groups is 1. The Kier molecular flexibility index (Phi) is 6.05. The number of hydrogen-bond acceptors (Lipinski definition) is 7. The molecule has 0 saturated carbocycles. The van der Waals surface area contributed by atoms with Crippen LogP contribution in [0.15, 0.2) is 71.8 Å². The summed E-state index contributed by atoms with van der Waals surface area (Å²) in [7, 11) is 0. The number of fused-ring (bicyclic) bond motifs is 2. The molecule has 38 heavy (non-hydrogen) atoms. The van der Waals surface area contributed by atoms with Gasteiger partial charge in [0.15, 0.2) is 11.5 Å². The predicted octanol–water partition coefficient (Wildman–Crippen LogP) is 6.22. The average molecular weight is 548 g/mol. The van der Waals surface area contributed by atoms with Crippen LogP contribution in [0.25, 0.3) is 17.0 Å².